The van der Waals surface area contributed by atoms with Crippen LogP contribution in [0.1, 0.15) is 23.1 Å². The highest BCUT2D eigenvalue weighted by atomic mass is 15.1. The summed E-state index contributed by atoms with van der Waals surface area (Å²) >= 11 is 0. The number of hydrogen-bond donors (Lipinski definition) is 1. The van der Waals surface area contributed by atoms with E-state index in [9.17, 15) is 5.26 Å². The molecule has 0 spiro atoms. The number of nitrogens with zero attached hydrogens (tertiary/aromatic N) is 3. The number of fused-ring (bicyclic) bond motifs is 4. The van der Waals surface area contributed by atoms with E-state index in [-0.39, 0.29) is 0 Å². The number of aromatic nitrogens is 2. The van der Waals surface area contributed by atoms with E-state index >= 15 is 0 Å². The third-order valence-electron chi connectivity index (χ3n) is 4.16. The Morgan fingerprint density at radius 1 is 1.25 bits per heavy atom. The Morgan fingerprint density at radius 3 is 2.85 bits per heavy atom. The van der Waals surface area contributed by atoms with E-state index in [4.69, 9.17) is 0 Å². The zero-order valence-corrected chi connectivity index (χ0v) is 11.3. The third-order valence-corrected chi connectivity index (χ3v) is 4.16. The maximum absolute atomic E-state index is 9.56. The van der Waals surface area contributed by atoms with Crippen LogP contribution in [-0.2, 0) is 12.8 Å². The SMILES string of the molecule is CNc1c2c(c(C#N)c3nc4ccccc4n13)CCC2. The van der Waals surface area contributed by atoms with Crippen LogP contribution in [0.2, 0.25) is 0 Å². The van der Waals surface area contributed by atoms with Gasteiger partial charge in [-0.05, 0) is 42.5 Å². The number of imidazole rings is 1. The van der Waals surface area contributed by atoms with Crippen molar-refractivity contribution in [2.45, 2.75) is 19.3 Å². The molecule has 0 radical (unpaired) electrons. The molecule has 0 saturated heterocycles. The second-order valence-corrected chi connectivity index (χ2v) is 5.16. The molecule has 20 heavy (non-hydrogen) atoms. The Hall–Kier alpha value is -2.54. The monoisotopic (exact) mass is 262 g/mol. The van der Waals surface area contributed by atoms with Gasteiger partial charge in [-0.25, -0.2) is 4.98 Å². The highest BCUT2D eigenvalue weighted by Gasteiger charge is 2.24. The molecular weight excluding hydrogens is 248 g/mol. The van der Waals surface area contributed by atoms with Crippen LogP contribution in [0.15, 0.2) is 24.3 Å². The quantitative estimate of drug-likeness (QED) is 0.733. The van der Waals surface area contributed by atoms with Gasteiger partial charge in [0, 0.05) is 7.05 Å². The van der Waals surface area contributed by atoms with E-state index in [1.54, 1.807) is 0 Å². The van der Waals surface area contributed by atoms with Gasteiger partial charge in [0.2, 0.25) is 0 Å². The van der Waals surface area contributed by atoms with Crippen molar-refractivity contribution < 1.29 is 0 Å². The lowest BCUT2D eigenvalue weighted by Gasteiger charge is -2.13. The second kappa shape index (κ2) is 3.97. The Bertz CT molecular complexity index is 883. The van der Waals surface area contributed by atoms with Crippen LogP contribution in [-0.4, -0.2) is 16.4 Å². The van der Waals surface area contributed by atoms with Gasteiger partial charge in [-0.2, -0.15) is 5.26 Å². The average Bonchev–Trinajstić information content (AvgIpc) is 3.09. The van der Waals surface area contributed by atoms with Crippen LogP contribution in [0.5, 0.6) is 0 Å². The summed E-state index contributed by atoms with van der Waals surface area (Å²) in [5, 5.41) is 12.9. The molecule has 1 aliphatic carbocycles. The summed E-state index contributed by atoms with van der Waals surface area (Å²) in [5.74, 6) is 1.08. The van der Waals surface area contributed by atoms with E-state index in [1.165, 1.54) is 11.1 Å². The van der Waals surface area contributed by atoms with Crippen molar-refractivity contribution in [2.24, 2.45) is 0 Å². The minimum atomic E-state index is 0.743. The first-order chi connectivity index (χ1) is 9.85. The lowest BCUT2D eigenvalue weighted by atomic mass is 10.1. The molecule has 0 amide bonds. The number of anilines is 1. The molecule has 2 aromatic heterocycles. The number of hydrogen-bond acceptors (Lipinski definition) is 3. The predicted octanol–water partition coefficient (Wildman–Crippen LogP) is 2.89. The fraction of sp³-hybridized carbons (Fsp3) is 0.250. The van der Waals surface area contributed by atoms with Gasteiger partial charge in [-0.1, -0.05) is 12.1 Å². The molecule has 0 atom stereocenters. The Morgan fingerprint density at radius 2 is 2.05 bits per heavy atom. The second-order valence-electron chi connectivity index (χ2n) is 5.16. The van der Waals surface area contributed by atoms with Gasteiger partial charge in [0.05, 0.1) is 16.6 Å². The van der Waals surface area contributed by atoms with E-state index < -0.39 is 0 Å². The molecular formula is C16H14N4. The molecule has 0 fully saturated rings. The van der Waals surface area contributed by atoms with E-state index in [0.29, 0.717) is 0 Å². The van der Waals surface area contributed by atoms with Gasteiger partial charge in [0.15, 0.2) is 5.65 Å². The van der Waals surface area contributed by atoms with E-state index in [2.05, 4.69) is 26.8 Å². The molecule has 98 valence electrons. The van der Waals surface area contributed by atoms with Crippen molar-refractivity contribution in [3.8, 4) is 6.07 Å². The lowest BCUT2D eigenvalue weighted by molar-refractivity contribution is 0.910. The van der Waals surface area contributed by atoms with Crippen LogP contribution >= 0.6 is 0 Å². The third kappa shape index (κ3) is 1.27. The normalized spacial score (nSPS) is 13.6. The molecule has 4 rings (SSSR count). The molecule has 4 nitrogen and oxygen atoms in total. The molecule has 0 unspecified atom stereocenters. The summed E-state index contributed by atoms with van der Waals surface area (Å²) < 4.78 is 2.10. The Labute approximate surface area is 116 Å². The van der Waals surface area contributed by atoms with E-state index in [0.717, 1.165) is 47.3 Å². The van der Waals surface area contributed by atoms with Crippen molar-refractivity contribution in [1.82, 2.24) is 9.38 Å². The van der Waals surface area contributed by atoms with Crippen molar-refractivity contribution in [3.63, 3.8) is 0 Å². The number of nitrogens with one attached hydrogen (secondary N) is 1. The average molecular weight is 262 g/mol. The fourth-order valence-electron chi connectivity index (χ4n) is 3.35. The summed E-state index contributed by atoms with van der Waals surface area (Å²) in [6.07, 6.45) is 3.12. The maximum atomic E-state index is 9.56. The summed E-state index contributed by atoms with van der Waals surface area (Å²) in [5.41, 5.74) is 5.97. The molecule has 0 bridgehead atoms. The number of benzene rings is 1. The number of nitriles is 1. The van der Waals surface area contributed by atoms with Gasteiger partial charge in [-0.15, -0.1) is 0 Å². The van der Waals surface area contributed by atoms with Crippen molar-refractivity contribution >= 4 is 22.5 Å². The summed E-state index contributed by atoms with van der Waals surface area (Å²) in [4.78, 5) is 4.67. The largest absolute Gasteiger partial charge is 0.374 e. The van der Waals surface area contributed by atoms with Crippen LogP contribution < -0.4 is 5.32 Å². The molecule has 0 saturated carbocycles. The van der Waals surface area contributed by atoms with Crippen LogP contribution in [0.4, 0.5) is 5.82 Å². The number of para-hydroxylation sites is 2. The lowest BCUT2D eigenvalue weighted by Crippen LogP contribution is -2.05. The zero-order valence-electron chi connectivity index (χ0n) is 11.3. The molecule has 3 aromatic rings. The summed E-state index contributed by atoms with van der Waals surface area (Å²) in [6, 6.07) is 10.4. The number of pyridine rings is 1. The van der Waals surface area contributed by atoms with E-state index in [1.807, 2.05) is 25.2 Å². The summed E-state index contributed by atoms with van der Waals surface area (Å²) in [6.45, 7) is 0. The highest BCUT2D eigenvalue weighted by Crippen LogP contribution is 2.35. The van der Waals surface area contributed by atoms with Crippen LogP contribution in [0, 0.1) is 11.3 Å². The molecule has 1 aromatic carbocycles. The van der Waals surface area contributed by atoms with Crippen LogP contribution in [0.3, 0.4) is 0 Å². The first-order valence-corrected chi connectivity index (χ1v) is 6.88. The first kappa shape index (κ1) is 11.3. The smallest absolute Gasteiger partial charge is 0.157 e. The highest BCUT2D eigenvalue weighted by molar-refractivity contribution is 5.86. The summed E-state index contributed by atoms with van der Waals surface area (Å²) in [7, 11) is 1.94. The predicted molar refractivity (Wildman–Crippen MR) is 79.0 cm³/mol. The minimum absolute atomic E-state index is 0.743. The topological polar surface area (TPSA) is 53.1 Å². The Balaban J connectivity index is 2.30. The minimum Gasteiger partial charge on any atom is -0.374 e. The molecule has 0 aliphatic heterocycles. The molecule has 2 heterocycles. The fourth-order valence-corrected chi connectivity index (χ4v) is 3.35. The van der Waals surface area contributed by atoms with Gasteiger partial charge in [0.25, 0.3) is 0 Å². The van der Waals surface area contributed by atoms with Crippen LogP contribution in [0.25, 0.3) is 16.7 Å². The zero-order chi connectivity index (χ0) is 13.7. The molecule has 1 N–H and O–H groups in total. The van der Waals surface area contributed by atoms with Crippen molar-refractivity contribution in [2.75, 3.05) is 12.4 Å². The maximum Gasteiger partial charge on any atom is 0.157 e. The van der Waals surface area contributed by atoms with Gasteiger partial charge in [-0.3, -0.25) is 4.40 Å². The van der Waals surface area contributed by atoms with Crippen molar-refractivity contribution in [3.05, 3.63) is 41.0 Å². The van der Waals surface area contributed by atoms with Gasteiger partial charge < -0.3 is 5.32 Å². The standard InChI is InChI=1S/C16H14N4/c1-18-15-11-6-4-5-10(11)12(9-17)16-19-13-7-2-3-8-14(13)20(15)16/h2-3,7-8,18H,4-6H2,1H3. The molecule has 4 heteroatoms. The first-order valence-electron chi connectivity index (χ1n) is 6.88. The number of rotatable bonds is 1. The molecule has 1 aliphatic rings. The van der Waals surface area contributed by atoms with Gasteiger partial charge >= 0.3 is 0 Å². The van der Waals surface area contributed by atoms with Gasteiger partial charge in [0.1, 0.15) is 11.9 Å². The Kier molecular flexibility index (Phi) is 2.25. The van der Waals surface area contributed by atoms with Crippen molar-refractivity contribution in [1.29, 1.82) is 5.26 Å².